The number of nitrogens with zero attached hydrogens (tertiary/aromatic N) is 5. The Bertz CT molecular complexity index is 1350. The van der Waals surface area contributed by atoms with E-state index in [1.165, 1.54) is 29.8 Å². The fourth-order valence-electron chi connectivity index (χ4n) is 5.37. The van der Waals surface area contributed by atoms with E-state index in [1.807, 2.05) is 31.7 Å². The molecule has 2 unspecified atom stereocenters. The Balaban J connectivity index is 1.14. The van der Waals surface area contributed by atoms with E-state index in [0.29, 0.717) is 46.5 Å². The number of hydrogen-bond acceptors (Lipinski definition) is 8. The van der Waals surface area contributed by atoms with Crippen LogP contribution in [0.2, 0.25) is 0 Å². The van der Waals surface area contributed by atoms with Crippen LogP contribution in [0.25, 0.3) is 16.4 Å². The molecule has 8 nitrogen and oxygen atoms in total. The van der Waals surface area contributed by atoms with Crippen molar-refractivity contribution in [1.29, 1.82) is 0 Å². The average molecular weight is 517 g/mol. The van der Waals surface area contributed by atoms with Crippen molar-refractivity contribution in [3.8, 4) is 16.7 Å². The molecule has 4 heterocycles. The number of allylic oxidation sites excluding steroid dienone is 2. The fraction of sp³-hybridized carbons (Fsp3) is 0.464. The largest absolute Gasteiger partial charge is 0.474 e. The number of piperidine rings is 1. The van der Waals surface area contributed by atoms with Crippen molar-refractivity contribution in [2.75, 3.05) is 13.1 Å². The SMILES string of the molecule is Cc1nc(-c2ncccn2)sc1C(=O)N1CC2C(C1)C2Oc1cc(C(C)(C)N)cc(C2=CCCCC2)n1. The molecule has 2 aliphatic carbocycles. The van der Waals surface area contributed by atoms with Crippen molar-refractivity contribution in [2.24, 2.45) is 17.6 Å². The van der Waals surface area contributed by atoms with E-state index in [4.69, 9.17) is 15.5 Å². The van der Waals surface area contributed by atoms with E-state index in [-0.39, 0.29) is 12.0 Å². The predicted molar refractivity (Wildman–Crippen MR) is 143 cm³/mol. The third-order valence-electron chi connectivity index (χ3n) is 7.57. The maximum Gasteiger partial charge on any atom is 0.265 e. The normalized spacial score (nSPS) is 23.0. The molecular formula is C28H32N6O2S. The van der Waals surface area contributed by atoms with Crippen LogP contribution < -0.4 is 10.5 Å². The first-order valence-corrected chi connectivity index (χ1v) is 13.8. The smallest absolute Gasteiger partial charge is 0.265 e. The van der Waals surface area contributed by atoms with Crippen LogP contribution in [0.4, 0.5) is 0 Å². The van der Waals surface area contributed by atoms with Gasteiger partial charge < -0.3 is 15.4 Å². The number of rotatable bonds is 6. The Morgan fingerprint density at radius 2 is 1.89 bits per heavy atom. The highest BCUT2D eigenvalue weighted by Crippen LogP contribution is 2.48. The summed E-state index contributed by atoms with van der Waals surface area (Å²) in [6.45, 7) is 7.26. The van der Waals surface area contributed by atoms with Crippen LogP contribution in [0.1, 0.15) is 66.2 Å². The molecule has 3 aliphatic rings. The number of amides is 1. The van der Waals surface area contributed by atoms with E-state index in [0.717, 1.165) is 29.8 Å². The highest BCUT2D eigenvalue weighted by molar-refractivity contribution is 7.17. The number of thiazole rings is 1. The summed E-state index contributed by atoms with van der Waals surface area (Å²) in [5.74, 6) is 1.86. The van der Waals surface area contributed by atoms with Crippen molar-refractivity contribution < 1.29 is 9.53 Å². The van der Waals surface area contributed by atoms with Gasteiger partial charge in [0.1, 0.15) is 11.0 Å². The minimum Gasteiger partial charge on any atom is -0.474 e. The lowest BCUT2D eigenvalue weighted by atomic mass is 9.92. The number of pyridine rings is 1. The molecule has 1 saturated carbocycles. The molecule has 1 aliphatic heterocycles. The summed E-state index contributed by atoms with van der Waals surface area (Å²) < 4.78 is 6.42. The maximum atomic E-state index is 13.3. The highest BCUT2D eigenvalue weighted by Gasteiger charge is 2.59. The number of carbonyl (C=O) groups is 1. The van der Waals surface area contributed by atoms with E-state index < -0.39 is 5.54 Å². The van der Waals surface area contributed by atoms with Crippen molar-refractivity contribution in [3.05, 3.63) is 58.5 Å². The highest BCUT2D eigenvalue weighted by atomic mass is 32.1. The van der Waals surface area contributed by atoms with Gasteiger partial charge in [0, 0.05) is 48.9 Å². The minimum atomic E-state index is -0.482. The molecule has 0 spiro atoms. The van der Waals surface area contributed by atoms with Gasteiger partial charge in [0.15, 0.2) is 10.8 Å². The molecule has 3 aromatic rings. The first kappa shape index (κ1) is 24.2. The molecule has 1 saturated heterocycles. The van der Waals surface area contributed by atoms with Gasteiger partial charge in [-0.05, 0) is 69.7 Å². The predicted octanol–water partition coefficient (Wildman–Crippen LogP) is 4.60. The minimum absolute atomic E-state index is 0.0275. The summed E-state index contributed by atoms with van der Waals surface area (Å²) >= 11 is 1.36. The number of aromatic nitrogens is 4. The standard InChI is InChI=1S/C28H32N6O2S/c1-16-24(37-26(32-16)25-30-10-7-11-31-25)27(35)34-14-19-20(15-34)23(19)36-22-13-18(28(2,3)29)12-21(33-22)17-8-5-4-6-9-17/h7-8,10-13,19-20,23H,4-6,9,14-15,29H2,1-3H3. The van der Waals surface area contributed by atoms with Crippen LogP contribution in [0.3, 0.4) is 0 Å². The molecule has 1 amide bonds. The maximum absolute atomic E-state index is 13.3. The van der Waals surface area contributed by atoms with E-state index >= 15 is 0 Å². The number of nitrogens with two attached hydrogens (primary N) is 1. The van der Waals surface area contributed by atoms with Crippen molar-refractivity contribution >= 4 is 22.8 Å². The average Bonchev–Trinajstić information content (AvgIpc) is 3.22. The van der Waals surface area contributed by atoms with Gasteiger partial charge in [-0.1, -0.05) is 6.08 Å². The van der Waals surface area contributed by atoms with Gasteiger partial charge >= 0.3 is 0 Å². The topological polar surface area (TPSA) is 107 Å². The molecule has 0 bridgehead atoms. The Kier molecular flexibility index (Phi) is 6.07. The Morgan fingerprint density at radius 3 is 2.57 bits per heavy atom. The number of carbonyl (C=O) groups excluding carboxylic acids is 1. The lowest BCUT2D eigenvalue weighted by molar-refractivity contribution is 0.0755. The first-order chi connectivity index (χ1) is 17.8. The van der Waals surface area contributed by atoms with Crippen molar-refractivity contribution in [2.45, 2.75) is 58.1 Å². The third-order valence-corrected chi connectivity index (χ3v) is 8.71. The number of likely N-dealkylation sites (tertiary alicyclic amines) is 1. The molecule has 37 heavy (non-hydrogen) atoms. The molecule has 192 valence electrons. The summed E-state index contributed by atoms with van der Waals surface area (Å²) in [6, 6.07) is 5.86. The second kappa shape index (κ2) is 9.29. The lowest BCUT2D eigenvalue weighted by Crippen LogP contribution is -2.33. The Morgan fingerprint density at radius 1 is 1.14 bits per heavy atom. The van der Waals surface area contributed by atoms with E-state index in [9.17, 15) is 4.79 Å². The van der Waals surface area contributed by atoms with Crippen LogP contribution in [0.5, 0.6) is 5.88 Å². The van der Waals surface area contributed by atoms with Crippen LogP contribution in [-0.2, 0) is 5.54 Å². The lowest BCUT2D eigenvalue weighted by Gasteiger charge is -2.23. The van der Waals surface area contributed by atoms with Crippen LogP contribution in [0.15, 0.2) is 36.7 Å². The summed E-state index contributed by atoms with van der Waals surface area (Å²) in [5, 5.41) is 0.671. The molecule has 2 N–H and O–H groups in total. The number of hydrogen-bond donors (Lipinski definition) is 1. The summed E-state index contributed by atoms with van der Waals surface area (Å²) in [5.41, 5.74) is 10.00. The van der Waals surface area contributed by atoms with Gasteiger partial charge in [-0.15, -0.1) is 11.3 Å². The molecule has 2 atom stereocenters. The van der Waals surface area contributed by atoms with E-state index in [2.05, 4.69) is 27.1 Å². The number of ether oxygens (including phenoxy) is 1. The third kappa shape index (κ3) is 4.78. The van der Waals surface area contributed by atoms with Gasteiger partial charge in [-0.3, -0.25) is 4.79 Å². The van der Waals surface area contributed by atoms with Gasteiger partial charge in [-0.2, -0.15) is 0 Å². The quantitative estimate of drug-likeness (QED) is 0.510. The van der Waals surface area contributed by atoms with Gasteiger partial charge in [0.05, 0.1) is 11.4 Å². The summed E-state index contributed by atoms with van der Waals surface area (Å²) in [4.78, 5) is 33.8. The first-order valence-electron chi connectivity index (χ1n) is 13.0. The van der Waals surface area contributed by atoms with E-state index in [1.54, 1.807) is 18.5 Å². The second-order valence-electron chi connectivity index (χ2n) is 10.9. The van der Waals surface area contributed by atoms with Crippen LogP contribution in [0, 0.1) is 18.8 Å². The molecule has 6 rings (SSSR count). The summed E-state index contributed by atoms with van der Waals surface area (Å²) in [7, 11) is 0. The zero-order valence-electron chi connectivity index (χ0n) is 21.5. The zero-order valence-corrected chi connectivity index (χ0v) is 22.3. The second-order valence-corrected chi connectivity index (χ2v) is 11.9. The molecular weight excluding hydrogens is 484 g/mol. The monoisotopic (exact) mass is 516 g/mol. The van der Waals surface area contributed by atoms with Gasteiger partial charge in [0.2, 0.25) is 5.88 Å². The van der Waals surface area contributed by atoms with Crippen LogP contribution >= 0.6 is 11.3 Å². The van der Waals surface area contributed by atoms with Crippen molar-refractivity contribution in [1.82, 2.24) is 24.8 Å². The van der Waals surface area contributed by atoms with Crippen molar-refractivity contribution in [3.63, 3.8) is 0 Å². The van der Waals surface area contributed by atoms with Gasteiger partial charge in [-0.25, -0.2) is 19.9 Å². The number of aryl methyl sites for hydroxylation is 1. The Hall–Kier alpha value is -3.17. The molecule has 3 aromatic heterocycles. The molecule has 0 aromatic carbocycles. The fourth-order valence-corrected chi connectivity index (χ4v) is 6.35. The van der Waals surface area contributed by atoms with Gasteiger partial charge in [0.25, 0.3) is 5.91 Å². The van der Waals surface area contributed by atoms with Crippen LogP contribution in [-0.4, -0.2) is 49.9 Å². The molecule has 9 heteroatoms. The Labute approximate surface area is 221 Å². The summed E-state index contributed by atoms with van der Waals surface area (Å²) in [6.07, 6.45) is 10.3. The zero-order chi connectivity index (χ0) is 25.7. The molecule has 2 fully saturated rings. The number of fused-ring (bicyclic) bond motifs is 1. The molecule has 0 radical (unpaired) electrons.